The fourth-order valence-corrected chi connectivity index (χ4v) is 8.70. The van der Waals surface area contributed by atoms with E-state index >= 15 is 0 Å². The van der Waals surface area contributed by atoms with E-state index in [4.69, 9.17) is 33.3 Å². The van der Waals surface area contributed by atoms with Gasteiger partial charge in [-0.1, -0.05) is 37.1 Å². The van der Waals surface area contributed by atoms with Gasteiger partial charge in [0.2, 0.25) is 5.79 Å². The highest BCUT2D eigenvalue weighted by Gasteiger charge is 2.65. The van der Waals surface area contributed by atoms with Gasteiger partial charge in [0.15, 0.2) is 0 Å². The van der Waals surface area contributed by atoms with Gasteiger partial charge in [-0.05, 0) is 79.8 Å². The topological polar surface area (TPSA) is 167 Å². The number of anilines is 1. The van der Waals surface area contributed by atoms with E-state index in [0.29, 0.717) is 60.2 Å². The Balaban J connectivity index is 1.69. The molecule has 56 heavy (non-hydrogen) atoms. The van der Waals surface area contributed by atoms with Crippen LogP contribution in [0.1, 0.15) is 69.8 Å². The van der Waals surface area contributed by atoms with Gasteiger partial charge in [0.25, 0.3) is 0 Å². The molecule has 2 aromatic carbocycles. The number of hydrogen-bond acceptors (Lipinski definition) is 12. The van der Waals surface area contributed by atoms with Crippen LogP contribution in [-0.2, 0) is 14.3 Å². The first-order chi connectivity index (χ1) is 27.2. The normalized spacial score (nSPS) is 24.1. The fraction of sp³-hybridized carbons (Fsp3) is 0.548. The molecule has 0 bridgehead atoms. The molecule has 6 atom stereocenters. The van der Waals surface area contributed by atoms with Crippen LogP contribution in [0.3, 0.4) is 0 Å². The Kier molecular flexibility index (Phi) is 15.0. The van der Waals surface area contributed by atoms with Crippen molar-refractivity contribution in [3.05, 3.63) is 66.3 Å². The first kappa shape index (κ1) is 42.4. The van der Waals surface area contributed by atoms with Crippen molar-refractivity contribution < 1.29 is 53.1 Å². The van der Waals surface area contributed by atoms with Gasteiger partial charge in [-0.2, -0.15) is 0 Å². The Bertz CT molecular complexity index is 1730. The first-order valence-electron chi connectivity index (χ1n) is 19.4. The summed E-state index contributed by atoms with van der Waals surface area (Å²) < 4.78 is 36.0. The van der Waals surface area contributed by atoms with Crippen LogP contribution in [0.2, 0.25) is 0 Å². The lowest BCUT2D eigenvalue weighted by molar-refractivity contribution is -0.255. The van der Waals surface area contributed by atoms with Gasteiger partial charge >= 0.3 is 12.2 Å². The van der Waals surface area contributed by atoms with E-state index in [2.05, 4.69) is 23.1 Å². The molecule has 2 amide bonds. The van der Waals surface area contributed by atoms with Crippen molar-refractivity contribution in [2.24, 2.45) is 22.9 Å². The van der Waals surface area contributed by atoms with Crippen molar-refractivity contribution in [1.29, 1.82) is 0 Å². The Morgan fingerprint density at radius 1 is 1.02 bits per heavy atom. The van der Waals surface area contributed by atoms with Gasteiger partial charge in [0.1, 0.15) is 36.1 Å². The number of unbranched alkanes of at least 4 members (excludes halogenated alkanes) is 2. The second-order valence-electron chi connectivity index (χ2n) is 14.2. The molecular weight excluding hydrogens is 722 g/mol. The monoisotopic (exact) mass is 779 g/mol. The van der Waals surface area contributed by atoms with Crippen molar-refractivity contribution >= 4 is 23.6 Å². The largest absolute Gasteiger partial charge is 0.497 e. The van der Waals surface area contributed by atoms with Crippen LogP contribution in [0.25, 0.3) is 0 Å². The van der Waals surface area contributed by atoms with E-state index in [0.717, 1.165) is 36.8 Å². The maximum absolute atomic E-state index is 13.6. The number of rotatable bonds is 19. The SMILES string of the molecule is C=CCOC12Oc3ccc(OC(=O)Nc4ccc(OC)cc4OC)cc3C3C(CCCCO)C(CCCCO)C=C(C(=NOC)CC1N(CCC)C(=O)OC)C32. The molecule has 2 aliphatic carbocycles. The molecule has 0 radical (unpaired) electrons. The maximum Gasteiger partial charge on any atom is 0.417 e. The summed E-state index contributed by atoms with van der Waals surface area (Å²) in [7, 11) is 5.91. The number of aliphatic hydroxyl groups is 2. The third-order valence-corrected chi connectivity index (χ3v) is 11.0. The molecule has 1 heterocycles. The van der Waals surface area contributed by atoms with Crippen molar-refractivity contribution in [1.82, 2.24) is 4.90 Å². The zero-order chi connectivity index (χ0) is 40.2. The van der Waals surface area contributed by atoms with Gasteiger partial charge in [-0.15, -0.1) is 6.58 Å². The van der Waals surface area contributed by atoms with E-state index in [1.165, 1.54) is 21.3 Å². The van der Waals surface area contributed by atoms with E-state index < -0.39 is 29.9 Å². The number of oxime groups is 1. The molecule has 0 spiro atoms. The minimum Gasteiger partial charge on any atom is -0.497 e. The standard InChI is InChI=1S/C42H57N3O11/c1-7-19-45(41(49)52-5)37-26-34(44-53-6)31-23-27(13-9-11-20-46)30(14-10-12-21-47)38-32-24-29(16-18-35(32)56-42(37,39(31)38)54-22-8-2)55-40(48)43-33-17-15-28(50-3)25-36(33)51-4/h8,15-18,23-25,27,30,37-39,46-47H,2,7,9-14,19-22,26H2,1,3-6H3,(H,43,48). The number of fused-ring (bicyclic) bond motifs is 2. The van der Waals surface area contributed by atoms with E-state index in [-0.39, 0.29) is 44.0 Å². The molecule has 3 N–H and O–H groups in total. The third kappa shape index (κ3) is 8.92. The Labute approximate surface area is 329 Å². The summed E-state index contributed by atoms with van der Waals surface area (Å²) in [5, 5.41) is 26.9. The smallest absolute Gasteiger partial charge is 0.417 e. The minimum atomic E-state index is -1.41. The lowest BCUT2D eigenvalue weighted by Gasteiger charge is -2.59. The predicted octanol–water partition coefficient (Wildman–Crippen LogP) is 7.06. The molecule has 0 aromatic heterocycles. The summed E-state index contributed by atoms with van der Waals surface area (Å²) in [6.45, 7) is 6.59. The first-order valence-corrected chi connectivity index (χ1v) is 19.4. The fourth-order valence-electron chi connectivity index (χ4n) is 8.70. The van der Waals surface area contributed by atoms with Crippen molar-refractivity contribution in [3.8, 4) is 23.0 Å². The number of amides is 2. The molecule has 1 aliphatic heterocycles. The molecule has 14 heteroatoms. The zero-order valence-corrected chi connectivity index (χ0v) is 33.2. The number of nitrogens with zero attached hydrogens (tertiary/aromatic N) is 2. The zero-order valence-electron chi connectivity index (χ0n) is 33.2. The van der Waals surface area contributed by atoms with E-state index in [1.807, 2.05) is 13.0 Å². The molecular formula is C42H57N3O11. The van der Waals surface area contributed by atoms with E-state index in [9.17, 15) is 19.8 Å². The van der Waals surface area contributed by atoms with Gasteiger partial charge in [-0.25, -0.2) is 9.59 Å². The summed E-state index contributed by atoms with van der Waals surface area (Å²) in [4.78, 5) is 34.1. The quantitative estimate of drug-likeness (QED) is 0.0759. The molecule has 306 valence electrons. The molecule has 5 rings (SSSR count). The van der Waals surface area contributed by atoms with Crippen LogP contribution < -0.4 is 24.3 Å². The lowest BCUT2D eigenvalue weighted by atomic mass is 9.55. The van der Waals surface area contributed by atoms with Crippen LogP contribution in [0.5, 0.6) is 23.0 Å². The molecule has 3 aliphatic rings. The predicted molar refractivity (Wildman–Crippen MR) is 211 cm³/mol. The van der Waals surface area contributed by atoms with Crippen LogP contribution in [0.4, 0.5) is 15.3 Å². The van der Waals surface area contributed by atoms with Gasteiger partial charge in [-0.3, -0.25) is 10.2 Å². The number of benzene rings is 2. The number of allylic oxidation sites excluding steroid dienone is 1. The summed E-state index contributed by atoms with van der Waals surface area (Å²) in [6.07, 6.45) is 7.98. The molecule has 1 fully saturated rings. The third-order valence-electron chi connectivity index (χ3n) is 11.0. The van der Waals surface area contributed by atoms with Gasteiger partial charge in [0.05, 0.1) is 45.3 Å². The summed E-state index contributed by atoms with van der Waals surface area (Å²) in [6, 6.07) is 9.64. The van der Waals surface area contributed by atoms with Crippen molar-refractivity contribution in [2.45, 2.75) is 76.0 Å². The number of nitrogens with one attached hydrogen (secondary N) is 1. The van der Waals surface area contributed by atoms with Crippen molar-refractivity contribution in [3.63, 3.8) is 0 Å². The highest BCUT2D eigenvalue weighted by Crippen LogP contribution is 2.62. The van der Waals surface area contributed by atoms with Gasteiger partial charge in [0, 0.05) is 43.7 Å². The molecule has 6 unspecified atom stereocenters. The second-order valence-corrected chi connectivity index (χ2v) is 14.2. The number of methoxy groups -OCH3 is 3. The van der Waals surface area contributed by atoms with Crippen LogP contribution in [-0.4, -0.2) is 99.6 Å². The highest BCUT2D eigenvalue weighted by atomic mass is 16.7. The van der Waals surface area contributed by atoms with Gasteiger partial charge < -0.3 is 43.5 Å². The van der Waals surface area contributed by atoms with Crippen LogP contribution >= 0.6 is 0 Å². The average Bonchev–Trinajstić information content (AvgIpc) is 3.21. The second kappa shape index (κ2) is 19.9. The number of carbonyl (C=O) groups excluding carboxylic acids is 2. The maximum atomic E-state index is 13.6. The molecule has 14 nitrogen and oxygen atoms in total. The van der Waals surface area contributed by atoms with E-state index in [1.54, 1.807) is 48.4 Å². The number of aliphatic hydroxyl groups excluding tert-OH is 2. The van der Waals surface area contributed by atoms with Crippen LogP contribution in [0.15, 0.2) is 65.9 Å². The number of hydrogen-bond donors (Lipinski definition) is 3. The van der Waals surface area contributed by atoms with Crippen LogP contribution in [0, 0.1) is 17.8 Å². The molecule has 0 saturated heterocycles. The number of ether oxygens (including phenoxy) is 6. The number of carbonyl (C=O) groups is 2. The average molecular weight is 780 g/mol. The lowest BCUT2D eigenvalue weighted by Crippen LogP contribution is -2.70. The minimum absolute atomic E-state index is 0.00344. The summed E-state index contributed by atoms with van der Waals surface area (Å²) >= 11 is 0. The summed E-state index contributed by atoms with van der Waals surface area (Å²) in [5.41, 5.74) is 2.78. The molecule has 1 saturated carbocycles. The Morgan fingerprint density at radius 3 is 2.43 bits per heavy atom. The highest BCUT2D eigenvalue weighted by molar-refractivity contribution is 6.03. The molecule has 2 aromatic rings. The Hall–Kier alpha value is -4.79. The Morgan fingerprint density at radius 2 is 1.77 bits per heavy atom. The summed E-state index contributed by atoms with van der Waals surface area (Å²) in [5.74, 6) is -0.380. The van der Waals surface area contributed by atoms with Crippen molar-refractivity contribution in [2.75, 3.05) is 60.1 Å².